The van der Waals surface area contributed by atoms with Crippen molar-refractivity contribution in [2.24, 2.45) is 0 Å². The molecule has 0 aliphatic carbocycles. The van der Waals surface area contributed by atoms with E-state index in [1.54, 1.807) is 19.2 Å². The molecular formula is C15H15F2NO2S. The van der Waals surface area contributed by atoms with Gasteiger partial charge in [-0.1, -0.05) is 12.1 Å². The van der Waals surface area contributed by atoms with Crippen LogP contribution >= 0.6 is 0 Å². The highest BCUT2D eigenvalue weighted by Gasteiger charge is 2.18. The highest BCUT2D eigenvalue weighted by Crippen LogP contribution is 2.26. The van der Waals surface area contributed by atoms with Gasteiger partial charge in [0.1, 0.15) is 11.6 Å². The van der Waals surface area contributed by atoms with Gasteiger partial charge in [-0.3, -0.25) is 0 Å². The third-order valence-corrected chi connectivity index (χ3v) is 4.29. The van der Waals surface area contributed by atoms with Crippen molar-refractivity contribution in [1.29, 1.82) is 0 Å². The summed E-state index contributed by atoms with van der Waals surface area (Å²) in [5.41, 5.74) is 0.674. The maximum absolute atomic E-state index is 13.9. The quantitative estimate of drug-likeness (QED) is 0.944. The molecule has 0 spiro atoms. The second-order valence-electron chi connectivity index (χ2n) is 4.73. The summed E-state index contributed by atoms with van der Waals surface area (Å²) in [6.07, 6.45) is 1.10. The Kier molecular flexibility index (Phi) is 4.39. The van der Waals surface area contributed by atoms with Gasteiger partial charge in [0.05, 0.1) is 10.9 Å². The number of hydrogen-bond acceptors (Lipinski definition) is 3. The first kappa shape index (κ1) is 15.6. The maximum Gasteiger partial charge on any atom is 0.175 e. The van der Waals surface area contributed by atoms with Crippen molar-refractivity contribution in [1.82, 2.24) is 5.32 Å². The Balaban J connectivity index is 2.54. The van der Waals surface area contributed by atoms with Crippen LogP contribution < -0.4 is 5.32 Å². The first-order valence-electron chi connectivity index (χ1n) is 6.25. The predicted molar refractivity (Wildman–Crippen MR) is 76.8 cm³/mol. The summed E-state index contributed by atoms with van der Waals surface area (Å²) in [5.74, 6) is -1.11. The minimum Gasteiger partial charge on any atom is -0.309 e. The number of halogens is 2. The van der Waals surface area contributed by atoms with E-state index in [0.29, 0.717) is 5.56 Å². The van der Waals surface area contributed by atoms with Gasteiger partial charge >= 0.3 is 0 Å². The number of hydrogen-bond donors (Lipinski definition) is 1. The van der Waals surface area contributed by atoms with Gasteiger partial charge in [0, 0.05) is 11.8 Å². The van der Waals surface area contributed by atoms with E-state index in [0.717, 1.165) is 24.5 Å². The van der Waals surface area contributed by atoms with E-state index < -0.39 is 27.5 Å². The molecule has 3 nitrogen and oxygen atoms in total. The van der Waals surface area contributed by atoms with Gasteiger partial charge in [-0.05, 0) is 42.9 Å². The van der Waals surface area contributed by atoms with Crippen LogP contribution in [0.3, 0.4) is 0 Å². The molecule has 112 valence electrons. The van der Waals surface area contributed by atoms with Crippen LogP contribution in [0.5, 0.6) is 0 Å². The van der Waals surface area contributed by atoms with E-state index in [2.05, 4.69) is 5.32 Å². The molecule has 1 atom stereocenters. The largest absolute Gasteiger partial charge is 0.309 e. The molecule has 1 N–H and O–H groups in total. The Hall–Kier alpha value is -1.79. The van der Waals surface area contributed by atoms with E-state index in [1.807, 2.05) is 0 Å². The van der Waals surface area contributed by atoms with E-state index in [1.165, 1.54) is 12.1 Å². The summed E-state index contributed by atoms with van der Waals surface area (Å²) in [5, 5.41) is 2.88. The molecule has 0 radical (unpaired) electrons. The summed E-state index contributed by atoms with van der Waals surface area (Å²) in [6, 6.07) is 8.72. The lowest BCUT2D eigenvalue weighted by Gasteiger charge is -2.18. The van der Waals surface area contributed by atoms with Gasteiger partial charge in [0.15, 0.2) is 9.84 Å². The van der Waals surface area contributed by atoms with Crippen LogP contribution in [-0.2, 0) is 9.84 Å². The number of nitrogens with one attached hydrogen (secondary N) is 1. The zero-order chi connectivity index (χ0) is 15.6. The zero-order valence-electron chi connectivity index (χ0n) is 11.6. The molecule has 0 aliphatic heterocycles. The van der Waals surface area contributed by atoms with Gasteiger partial charge in [-0.2, -0.15) is 0 Å². The smallest absolute Gasteiger partial charge is 0.175 e. The Labute approximate surface area is 122 Å². The number of benzene rings is 2. The molecule has 2 rings (SSSR count). The zero-order valence-corrected chi connectivity index (χ0v) is 12.4. The topological polar surface area (TPSA) is 46.2 Å². The fourth-order valence-corrected chi connectivity index (χ4v) is 2.84. The molecule has 0 aromatic heterocycles. The fraction of sp³-hybridized carbons (Fsp3) is 0.200. The summed E-state index contributed by atoms with van der Waals surface area (Å²) < 4.78 is 50.4. The average molecular weight is 311 g/mol. The summed E-state index contributed by atoms with van der Waals surface area (Å²) in [7, 11) is -1.76. The Bertz CT molecular complexity index is 760. The van der Waals surface area contributed by atoms with Gasteiger partial charge in [0.2, 0.25) is 0 Å². The van der Waals surface area contributed by atoms with Gasteiger partial charge in [-0.15, -0.1) is 0 Å². The van der Waals surface area contributed by atoms with Crippen molar-refractivity contribution >= 4 is 9.84 Å². The lowest BCUT2D eigenvalue weighted by atomic mass is 9.98. The van der Waals surface area contributed by atoms with Gasteiger partial charge in [0.25, 0.3) is 0 Å². The molecular weight excluding hydrogens is 296 g/mol. The monoisotopic (exact) mass is 311 g/mol. The number of rotatable bonds is 4. The fourth-order valence-electron chi connectivity index (χ4n) is 2.16. The minimum atomic E-state index is -3.36. The third kappa shape index (κ3) is 3.46. The van der Waals surface area contributed by atoms with Gasteiger partial charge < -0.3 is 5.32 Å². The van der Waals surface area contributed by atoms with Crippen molar-refractivity contribution in [3.8, 4) is 0 Å². The van der Waals surface area contributed by atoms with Crippen LogP contribution in [0.4, 0.5) is 8.78 Å². The molecule has 0 bridgehead atoms. The first-order chi connectivity index (χ1) is 9.82. The van der Waals surface area contributed by atoms with Crippen LogP contribution in [0.15, 0.2) is 47.4 Å². The molecule has 0 fully saturated rings. The van der Waals surface area contributed by atoms with Crippen LogP contribution in [0.1, 0.15) is 17.2 Å². The highest BCUT2D eigenvalue weighted by molar-refractivity contribution is 7.90. The summed E-state index contributed by atoms with van der Waals surface area (Å²) >= 11 is 0. The van der Waals surface area contributed by atoms with Crippen LogP contribution in [0, 0.1) is 11.6 Å². The molecule has 2 aromatic rings. The maximum atomic E-state index is 13.9. The van der Waals surface area contributed by atoms with E-state index in [-0.39, 0.29) is 10.5 Å². The van der Waals surface area contributed by atoms with Gasteiger partial charge in [-0.25, -0.2) is 17.2 Å². The highest BCUT2D eigenvalue weighted by atomic mass is 32.2. The molecule has 1 unspecified atom stereocenters. The normalized spacial score (nSPS) is 13.1. The van der Waals surface area contributed by atoms with Crippen molar-refractivity contribution in [2.45, 2.75) is 10.9 Å². The van der Waals surface area contributed by atoms with E-state index >= 15 is 0 Å². The molecule has 0 saturated heterocycles. The average Bonchev–Trinajstić information content (AvgIpc) is 2.43. The van der Waals surface area contributed by atoms with Crippen molar-refractivity contribution in [3.05, 3.63) is 65.2 Å². The molecule has 0 amide bonds. The van der Waals surface area contributed by atoms with Crippen molar-refractivity contribution in [2.75, 3.05) is 13.3 Å². The molecule has 0 heterocycles. The molecule has 2 aromatic carbocycles. The SMILES string of the molecule is CNC(c1cccc(S(C)(=O)=O)c1)c1cc(F)ccc1F. The molecule has 0 aliphatic rings. The number of sulfone groups is 1. The van der Waals surface area contributed by atoms with Crippen LogP contribution in [-0.4, -0.2) is 21.7 Å². The second-order valence-corrected chi connectivity index (χ2v) is 6.75. The standard InChI is InChI=1S/C15H15F2NO2S/c1-18-15(13-9-11(16)6-7-14(13)17)10-4-3-5-12(8-10)21(2,19)20/h3-9,15,18H,1-2H3. The third-order valence-electron chi connectivity index (χ3n) is 3.18. The minimum absolute atomic E-state index is 0.128. The van der Waals surface area contributed by atoms with E-state index in [4.69, 9.17) is 0 Å². The Morgan fingerprint density at radius 1 is 1.10 bits per heavy atom. The van der Waals surface area contributed by atoms with E-state index in [9.17, 15) is 17.2 Å². The second kappa shape index (κ2) is 5.91. The van der Waals surface area contributed by atoms with Crippen molar-refractivity contribution < 1.29 is 17.2 Å². The molecule has 6 heteroatoms. The van der Waals surface area contributed by atoms with Crippen LogP contribution in [0.2, 0.25) is 0 Å². The predicted octanol–water partition coefficient (Wildman–Crippen LogP) is 2.68. The lowest BCUT2D eigenvalue weighted by Crippen LogP contribution is -2.19. The Morgan fingerprint density at radius 3 is 2.43 bits per heavy atom. The summed E-state index contributed by atoms with van der Waals surface area (Å²) in [4.78, 5) is 0.136. The molecule has 0 saturated carbocycles. The first-order valence-corrected chi connectivity index (χ1v) is 8.14. The summed E-state index contributed by atoms with van der Waals surface area (Å²) in [6.45, 7) is 0. The van der Waals surface area contributed by atoms with Crippen molar-refractivity contribution in [3.63, 3.8) is 0 Å². The van der Waals surface area contributed by atoms with Crippen LogP contribution in [0.25, 0.3) is 0 Å². The molecule has 21 heavy (non-hydrogen) atoms. The lowest BCUT2D eigenvalue weighted by molar-refractivity contribution is 0.557. The Morgan fingerprint density at radius 2 is 1.81 bits per heavy atom.